The lowest BCUT2D eigenvalue weighted by molar-refractivity contribution is -0.126. The molecule has 1 fully saturated rings. The molecule has 4 aromatic rings. The van der Waals surface area contributed by atoms with Gasteiger partial charge >= 0.3 is 0 Å². The van der Waals surface area contributed by atoms with Crippen molar-refractivity contribution in [1.29, 1.82) is 0 Å². The van der Waals surface area contributed by atoms with Crippen LogP contribution >= 0.6 is 11.3 Å². The lowest BCUT2D eigenvalue weighted by Gasteiger charge is -2.34. The van der Waals surface area contributed by atoms with Crippen LogP contribution in [0.1, 0.15) is 11.1 Å². The molecule has 0 bridgehead atoms. The molecule has 4 heterocycles. The molecule has 166 valence electrons. The second-order valence-electron chi connectivity index (χ2n) is 7.79. The van der Waals surface area contributed by atoms with Crippen molar-refractivity contribution in [3.63, 3.8) is 0 Å². The quantitative estimate of drug-likeness (QED) is 0.413. The number of hydrogen-bond acceptors (Lipinski definition) is 6. The maximum absolute atomic E-state index is 12.9. The zero-order valence-corrected chi connectivity index (χ0v) is 18.9. The van der Waals surface area contributed by atoms with Crippen LogP contribution < -0.4 is 4.90 Å². The molecular weight excluding hydrogens is 432 g/mol. The Kier molecular flexibility index (Phi) is 6.25. The standard InChI is InChI=1S/C25H24N6OS/c32-23(29-13-15-30(16-14-29)25-26-11-5-12-27-25)10-9-21-19-31(18-20-6-2-1-3-7-20)28-24(21)22-8-4-17-33-22/h1-12,17,19H,13-16,18H2/b10-9+. The molecule has 1 amide bonds. The van der Waals surface area contributed by atoms with E-state index < -0.39 is 0 Å². The van der Waals surface area contributed by atoms with E-state index in [2.05, 4.69) is 33.1 Å². The zero-order chi connectivity index (χ0) is 22.5. The Morgan fingerprint density at radius 1 is 0.970 bits per heavy atom. The van der Waals surface area contributed by atoms with Gasteiger partial charge in [0, 0.05) is 56.4 Å². The van der Waals surface area contributed by atoms with Crippen LogP contribution in [0.5, 0.6) is 0 Å². The lowest BCUT2D eigenvalue weighted by atomic mass is 10.2. The number of piperazine rings is 1. The maximum atomic E-state index is 12.9. The van der Waals surface area contributed by atoms with Gasteiger partial charge in [-0.2, -0.15) is 5.10 Å². The Bertz CT molecular complexity index is 1210. The van der Waals surface area contributed by atoms with Crippen molar-refractivity contribution >= 4 is 29.3 Å². The second-order valence-corrected chi connectivity index (χ2v) is 8.74. The minimum atomic E-state index is 0.0107. The van der Waals surface area contributed by atoms with Gasteiger partial charge in [0.2, 0.25) is 11.9 Å². The van der Waals surface area contributed by atoms with Gasteiger partial charge in [-0.25, -0.2) is 9.97 Å². The Balaban J connectivity index is 1.29. The number of carbonyl (C=O) groups is 1. The highest BCUT2D eigenvalue weighted by atomic mass is 32.1. The molecule has 1 aliphatic heterocycles. The van der Waals surface area contributed by atoms with Gasteiger partial charge in [-0.15, -0.1) is 11.3 Å². The van der Waals surface area contributed by atoms with Gasteiger partial charge in [0.15, 0.2) is 0 Å². The minimum Gasteiger partial charge on any atom is -0.337 e. The minimum absolute atomic E-state index is 0.0107. The average molecular weight is 457 g/mol. The fraction of sp³-hybridized carbons (Fsp3) is 0.200. The van der Waals surface area contributed by atoms with Crippen LogP contribution in [0.4, 0.5) is 5.95 Å². The summed E-state index contributed by atoms with van der Waals surface area (Å²) in [5.41, 5.74) is 3.03. The lowest BCUT2D eigenvalue weighted by Crippen LogP contribution is -2.48. The summed E-state index contributed by atoms with van der Waals surface area (Å²) < 4.78 is 1.94. The van der Waals surface area contributed by atoms with Crippen LogP contribution in [0.3, 0.4) is 0 Å². The molecule has 0 saturated carbocycles. The van der Waals surface area contributed by atoms with E-state index in [0.717, 1.165) is 29.2 Å². The first kappa shape index (κ1) is 21.1. The molecule has 0 spiro atoms. The van der Waals surface area contributed by atoms with E-state index in [1.54, 1.807) is 35.9 Å². The Hall–Kier alpha value is -3.78. The van der Waals surface area contributed by atoms with Crippen molar-refractivity contribution < 1.29 is 4.79 Å². The Labute approximate surface area is 196 Å². The van der Waals surface area contributed by atoms with Crippen molar-refractivity contribution in [2.75, 3.05) is 31.1 Å². The molecule has 1 saturated heterocycles. The van der Waals surface area contributed by atoms with E-state index in [4.69, 9.17) is 5.10 Å². The van der Waals surface area contributed by atoms with E-state index in [1.807, 2.05) is 51.5 Å². The number of rotatable bonds is 6. The molecule has 7 nitrogen and oxygen atoms in total. The summed E-state index contributed by atoms with van der Waals surface area (Å²) in [7, 11) is 0. The van der Waals surface area contributed by atoms with E-state index in [0.29, 0.717) is 25.6 Å². The number of benzene rings is 1. The number of anilines is 1. The third kappa shape index (κ3) is 5.01. The van der Waals surface area contributed by atoms with Crippen molar-refractivity contribution in [2.24, 2.45) is 0 Å². The summed E-state index contributed by atoms with van der Waals surface area (Å²) in [6.07, 6.45) is 9.04. The first-order valence-corrected chi connectivity index (χ1v) is 11.8. The third-order valence-corrected chi connectivity index (χ3v) is 6.44. The molecule has 1 aliphatic rings. The predicted molar refractivity (Wildman–Crippen MR) is 131 cm³/mol. The Morgan fingerprint density at radius 3 is 2.48 bits per heavy atom. The zero-order valence-electron chi connectivity index (χ0n) is 18.1. The molecule has 5 rings (SSSR count). The van der Waals surface area contributed by atoms with Gasteiger partial charge in [-0.05, 0) is 29.2 Å². The van der Waals surface area contributed by atoms with Crippen molar-refractivity contribution in [2.45, 2.75) is 6.54 Å². The van der Waals surface area contributed by atoms with Crippen LogP contribution in [0.25, 0.3) is 16.6 Å². The largest absolute Gasteiger partial charge is 0.337 e. The number of amides is 1. The monoisotopic (exact) mass is 456 g/mol. The number of carbonyl (C=O) groups excluding carboxylic acids is 1. The summed E-state index contributed by atoms with van der Waals surface area (Å²) in [5.74, 6) is 0.725. The number of thiophene rings is 1. The van der Waals surface area contributed by atoms with Gasteiger partial charge in [0.1, 0.15) is 5.69 Å². The molecular formula is C25H24N6OS. The fourth-order valence-corrected chi connectivity index (χ4v) is 4.59. The normalized spacial score (nSPS) is 14.2. The van der Waals surface area contributed by atoms with Crippen molar-refractivity contribution in [3.8, 4) is 10.6 Å². The highest BCUT2D eigenvalue weighted by molar-refractivity contribution is 7.13. The van der Waals surface area contributed by atoms with E-state index in [-0.39, 0.29) is 5.91 Å². The number of aromatic nitrogens is 4. The summed E-state index contributed by atoms with van der Waals surface area (Å²) in [6, 6.07) is 16.1. The van der Waals surface area contributed by atoms with Gasteiger partial charge in [0.25, 0.3) is 0 Å². The molecule has 0 radical (unpaired) electrons. The smallest absolute Gasteiger partial charge is 0.246 e. The molecule has 0 N–H and O–H groups in total. The summed E-state index contributed by atoms with van der Waals surface area (Å²) in [5, 5.41) is 6.85. The predicted octanol–water partition coefficient (Wildman–Crippen LogP) is 3.81. The Morgan fingerprint density at radius 2 is 1.76 bits per heavy atom. The molecule has 1 aromatic carbocycles. The van der Waals surface area contributed by atoms with Crippen LogP contribution in [0.15, 0.2) is 78.6 Å². The first-order valence-electron chi connectivity index (χ1n) is 10.9. The van der Waals surface area contributed by atoms with E-state index in [1.165, 1.54) is 5.56 Å². The maximum Gasteiger partial charge on any atom is 0.246 e. The molecule has 33 heavy (non-hydrogen) atoms. The molecule has 0 atom stereocenters. The van der Waals surface area contributed by atoms with Crippen LogP contribution in [0.2, 0.25) is 0 Å². The highest BCUT2D eigenvalue weighted by Gasteiger charge is 2.21. The van der Waals surface area contributed by atoms with Crippen LogP contribution in [0, 0.1) is 0 Å². The van der Waals surface area contributed by atoms with E-state index >= 15 is 0 Å². The fourth-order valence-electron chi connectivity index (χ4n) is 3.86. The molecule has 3 aromatic heterocycles. The molecule has 8 heteroatoms. The number of nitrogens with zero attached hydrogens (tertiary/aromatic N) is 6. The van der Waals surface area contributed by atoms with Gasteiger partial charge in [-0.3, -0.25) is 9.48 Å². The summed E-state index contributed by atoms with van der Waals surface area (Å²) >= 11 is 1.65. The first-order chi connectivity index (χ1) is 16.3. The molecule has 0 unspecified atom stereocenters. The molecule has 0 aliphatic carbocycles. The van der Waals surface area contributed by atoms with E-state index in [9.17, 15) is 4.79 Å². The van der Waals surface area contributed by atoms with Gasteiger partial charge < -0.3 is 9.80 Å². The topological polar surface area (TPSA) is 67.2 Å². The third-order valence-electron chi connectivity index (χ3n) is 5.56. The SMILES string of the molecule is O=C(/C=C/c1cn(Cc2ccccc2)nc1-c1cccs1)N1CCN(c2ncccn2)CC1. The summed E-state index contributed by atoms with van der Waals surface area (Å²) in [4.78, 5) is 26.5. The van der Waals surface area contributed by atoms with Gasteiger partial charge in [0.05, 0.1) is 11.4 Å². The van der Waals surface area contributed by atoms with Crippen LogP contribution in [-0.2, 0) is 11.3 Å². The van der Waals surface area contributed by atoms with Crippen LogP contribution in [-0.4, -0.2) is 56.7 Å². The van der Waals surface area contributed by atoms with Crippen molar-refractivity contribution in [1.82, 2.24) is 24.6 Å². The highest BCUT2D eigenvalue weighted by Crippen LogP contribution is 2.28. The van der Waals surface area contributed by atoms with Crippen molar-refractivity contribution in [3.05, 3.63) is 89.7 Å². The summed E-state index contributed by atoms with van der Waals surface area (Å²) in [6.45, 7) is 3.42. The van der Waals surface area contributed by atoms with Gasteiger partial charge in [-0.1, -0.05) is 36.4 Å². The number of hydrogen-bond donors (Lipinski definition) is 0. The average Bonchev–Trinajstić information content (AvgIpc) is 3.54. The second kappa shape index (κ2) is 9.79.